The zero-order valence-electron chi connectivity index (χ0n) is 15.7. The number of hydrogen-bond donors (Lipinski definition) is 1. The molecule has 0 radical (unpaired) electrons. The van der Waals surface area contributed by atoms with E-state index in [-0.39, 0.29) is 0 Å². The molecule has 0 unspecified atom stereocenters. The first-order valence-electron chi connectivity index (χ1n) is 9.12. The third-order valence-electron chi connectivity index (χ3n) is 4.83. The number of carboxylic acid groups (broad SMARTS) is 1. The zero-order chi connectivity index (χ0) is 19.4. The number of halogens is 1. The van der Waals surface area contributed by atoms with Crippen LogP contribution in [0.2, 0.25) is 5.02 Å². The van der Waals surface area contributed by atoms with Crippen LogP contribution in [-0.2, 0) is 24.2 Å². The fourth-order valence-electron chi connectivity index (χ4n) is 3.77. The topological polar surface area (TPSA) is 42.2 Å². The minimum absolute atomic E-state index is 0.804. The quantitative estimate of drug-likeness (QED) is 0.544. The molecule has 0 atom stereocenters. The van der Waals surface area contributed by atoms with Crippen molar-refractivity contribution in [3.8, 4) is 0 Å². The average Bonchev–Trinajstić information content (AvgIpc) is 2.97. The van der Waals surface area contributed by atoms with E-state index in [4.69, 9.17) is 21.5 Å². The second kappa shape index (κ2) is 8.85. The molecule has 27 heavy (non-hydrogen) atoms. The minimum atomic E-state index is -0.833. The van der Waals surface area contributed by atoms with Crippen LogP contribution in [0, 0.1) is 0 Å². The number of thioether (sulfide) groups is 1. The molecule has 0 bridgehead atoms. The van der Waals surface area contributed by atoms with E-state index >= 15 is 0 Å². The Morgan fingerprint density at radius 1 is 1.15 bits per heavy atom. The summed E-state index contributed by atoms with van der Waals surface area (Å²) in [7, 11) is 0. The van der Waals surface area contributed by atoms with E-state index in [1.807, 2.05) is 23.9 Å². The van der Waals surface area contributed by atoms with Gasteiger partial charge >= 0.3 is 0 Å². The standard InChI is InChI=1S/C20H20ClNS.C2H4O2/c1-23-19-8-4-6-17-16-5-2-3-7-18(16)22(20(17)19)13-14-9-11-15(21)12-10-14;1-2(3)4/h4,6,8-12H,2-3,5,7,13H2,1H3;1H3,(H,3,4). The zero-order valence-corrected chi connectivity index (χ0v) is 17.2. The summed E-state index contributed by atoms with van der Waals surface area (Å²) in [5.74, 6) is -0.833. The summed E-state index contributed by atoms with van der Waals surface area (Å²) in [5, 5.41) is 9.68. The van der Waals surface area contributed by atoms with E-state index in [1.165, 1.54) is 47.0 Å². The molecular formula is C22H24ClNO2S. The smallest absolute Gasteiger partial charge is 0.300 e. The van der Waals surface area contributed by atoms with Gasteiger partial charge in [0.05, 0.1) is 5.52 Å². The Morgan fingerprint density at radius 3 is 2.48 bits per heavy atom. The van der Waals surface area contributed by atoms with E-state index in [1.54, 1.807) is 11.3 Å². The molecule has 1 aromatic heterocycles. The number of carboxylic acids is 1. The molecule has 0 amide bonds. The molecule has 4 rings (SSSR count). The van der Waals surface area contributed by atoms with Gasteiger partial charge in [-0.2, -0.15) is 0 Å². The van der Waals surface area contributed by atoms with Crippen molar-refractivity contribution >= 4 is 40.2 Å². The highest BCUT2D eigenvalue weighted by molar-refractivity contribution is 7.98. The van der Waals surface area contributed by atoms with E-state index < -0.39 is 5.97 Å². The molecule has 0 aliphatic heterocycles. The summed E-state index contributed by atoms with van der Waals surface area (Å²) in [6, 6.07) is 15.0. The predicted molar refractivity (Wildman–Crippen MR) is 114 cm³/mol. The predicted octanol–water partition coefficient (Wildman–Crippen LogP) is 6.03. The normalized spacial score (nSPS) is 13.0. The molecule has 1 aliphatic rings. The fourth-order valence-corrected chi connectivity index (χ4v) is 4.52. The van der Waals surface area contributed by atoms with Gasteiger partial charge in [0, 0.05) is 34.5 Å². The minimum Gasteiger partial charge on any atom is -0.481 e. The lowest BCUT2D eigenvalue weighted by Gasteiger charge is -2.16. The fraction of sp³-hybridized carbons (Fsp3) is 0.318. The van der Waals surface area contributed by atoms with Crippen LogP contribution in [0.5, 0.6) is 0 Å². The SMILES string of the molecule is CC(=O)O.CSc1cccc2c3c(n(Cc4ccc(Cl)cc4)c12)CCCC3. The van der Waals surface area contributed by atoms with Crippen molar-refractivity contribution in [2.75, 3.05) is 6.26 Å². The van der Waals surface area contributed by atoms with Crippen LogP contribution in [-0.4, -0.2) is 21.9 Å². The first-order valence-corrected chi connectivity index (χ1v) is 10.7. The Morgan fingerprint density at radius 2 is 1.81 bits per heavy atom. The molecule has 3 aromatic rings. The third-order valence-corrected chi connectivity index (χ3v) is 5.85. The maximum atomic E-state index is 9.00. The maximum absolute atomic E-state index is 9.00. The molecule has 0 saturated carbocycles. The van der Waals surface area contributed by atoms with Gasteiger partial charge in [-0.1, -0.05) is 35.9 Å². The Hall–Kier alpha value is -1.91. The number of rotatable bonds is 3. The van der Waals surface area contributed by atoms with Crippen LogP contribution in [0.3, 0.4) is 0 Å². The summed E-state index contributed by atoms with van der Waals surface area (Å²) in [6.45, 7) is 2.01. The highest BCUT2D eigenvalue weighted by Gasteiger charge is 2.21. The summed E-state index contributed by atoms with van der Waals surface area (Å²) < 4.78 is 2.55. The van der Waals surface area contributed by atoms with Crippen LogP contribution in [0.4, 0.5) is 0 Å². The largest absolute Gasteiger partial charge is 0.481 e. The summed E-state index contributed by atoms with van der Waals surface area (Å²) in [6.07, 6.45) is 7.21. The molecule has 1 heterocycles. The summed E-state index contributed by atoms with van der Waals surface area (Å²) >= 11 is 7.89. The second-order valence-electron chi connectivity index (χ2n) is 6.72. The van der Waals surface area contributed by atoms with Crippen molar-refractivity contribution in [1.82, 2.24) is 4.57 Å². The number of aryl methyl sites for hydroxylation is 1. The number of aromatic nitrogens is 1. The molecule has 0 spiro atoms. The lowest BCUT2D eigenvalue weighted by Crippen LogP contribution is -2.09. The maximum Gasteiger partial charge on any atom is 0.300 e. The molecular weight excluding hydrogens is 378 g/mol. The van der Waals surface area contributed by atoms with Gasteiger partial charge in [0.15, 0.2) is 0 Å². The molecule has 2 aromatic carbocycles. The van der Waals surface area contributed by atoms with Crippen LogP contribution in [0.25, 0.3) is 10.9 Å². The number of aliphatic carboxylic acids is 1. The Balaban J connectivity index is 0.000000481. The highest BCUT2D eigenvalue weighted by Crippen LogP contribution is 2.37. The Kier molecular flexibility index (Phi) is 6.51. The molecule has 5 heteroatoms. The molecule has 1 aliphatic carbocycles. The first kappa shape index (κ1) is 19.8. The van der Waals surface area contributed by atoms with Crippen LogP contribution in [0.1, 0.15) is 36.6 Å². The van der Waals surface area contributed by atoms with Crippen molar-refractivity contribution in [3.05, 3.63) is 64.3 Å². The van der Waals surface area contributed by atoms with Crippen molar-refractivity contribution in [2.45, 2.75) is 44.0 Å². The summed E-state index contributed by atoms with van der Waals surface area (Å²) in [5.41, 5.74) is 5.86. The Bertz CT molecular complexity index is 943. The number of fused-ring (bicyclic) bond motifs is 3. The van der Waals surface area contributed by atoms with Gasteiger partial charge in [0.2, 0.25) is 0 Å². The second-order valence-corrected chi connectivity index (χ2v) is 8.00. The van der Waals surface area contributed by atoms with Gasteiger partial charge in [-0.05, 0) is 61.3 Å². The van der Waals surface area contributed by atoms with Gasteiger partial charge in [-0.15, -0.1) is 11.8 Å². The van der Waals surface area contributed by atoms with E-state index in [0.29, 0.717) is 0 Å². The molecule has 3 nitrogen and oxygen atoms in total. The number of hydrogen-bond acceptors (Lipinski definition) is 2. The monoisotopic (exact) mass is 401 g/mol. The van der Waals surface area contributed by atoms with Crippen LogP contribution in [0.15, 0.2) is 47.4 Å². The lowest BCUT2D eigenvalue weighted by molar-refractivity contribution is -0.134. The van der Waals surface area contributed by atoms with Crippen molar-refractivity contribution in [1.29, 1.82) is 0 Å². The number of benzene rings is 2. The average molecular weight is 402 g/mol. The third kappa shape index (κ3) is 4.50. The van der Waals surface area contributed by atoms with Gasteiger partial charge in [-0.25, -0.2) is 0 Å². The van der Waals surface area contributed by atoms with Crippen LogP contribution >= 0.6 is 23.4 Å². The van der Waals surface area contributed by atoms with Gasteiger partial charge in [-0.3, -0.25) is 4.79 Å². The highest BCUT2D eigenvalue weighted by atomic mass is 35.5. The van der Waals surface area contributed by atoms with Crippen molar-refractivity contribution in [3.63, 3.8) is 0 Å². The summed E-state index contributed by atoms with van der Waals surface area (Å²) in [4.78, 5) is 10.4. The van der Waals surface area contributed by atoms with Crippen molar-refractivity contribution in [2.24, 2.45) is 0 Å². The molecule has 142 valence electrons. The van der Waals surface area contributed by atoms with E-state index in [2.05, 4.69) is 41.2 Å². The first-order chi connectivity index (χ1) is 13.0. The number of para-hydroxylation sites is 1. The lowest BCUT2D eigenvalue weighted by atomic mass is 9.95. The van der Waals surface area contributed by atoms with Gasteiger partial charge < -0.3 is 9.67 Å². The van der Waals surface area contributed by atoms with Gasteiger partial charge in [0.1, 0.15) is 0 Å². The van der Waals surface area contributed by atoms with E-state index in [9.17, 15) is 0 Å². The van der Waals surface area contributed by atoms with E-state index in [0.717, 1.165) is 18.5 Å². The van der Waals surface area contributed by atoms with Gasteiger partial charge in [0.25, 0.3) is 5.97 Å². The Labute approximate surface area is 169 Å². The van der Waals surface area contributed by atoms with Crippen LogP contribution < -0.4 is 0 Å². The van der Waals surface area contributed by atoms with Crippen molar-refractivity contribution < 1.29 is 9.90 Å². The molecule has 0 saturated heterocycles. The number of carbonyl (C=O) groups is 1. The molecule has 1 N–H and O–H groups in total. The molecule has 0 fully saturated rings. The number of nitrogens with zero attached hydrogens (tertiary/aromatic N) is 1.